The van der Waals surface area contributed by atoms with Crippen LogP contribution in [0, 0.1) is 5.82 Å². The summed E-state index contributed by atoms with van der Waals surface area (Å²) in [6.07, 6.45) is 0. The first-order chi connectivity index (χ1) is 12.5. The molecule has 1 heterocycles. The molecule has 0 aromatic heterocycles. The first kappa shape index (κ1) is 18.5. The van der Waals surface area contributed by atoms with Gasteiger partial charge in [-0.3, -0.25) is 0 Å². The van der Waals surface area contributed by atoms with E-state index in [9.17, 15) is 12.8 Å². The topological polar surface area (TPSA) is 65.1 Å². The van der Waals surface area contributed by atoms with Gasteiger partial charge in [-0.05, 0) is 24.3 Å². The highest BCUT2D eigenvalue weighted by molar-refractivity contribution is 7.89. The molecule has 0 fully saturated rings. The average molecular weight is 381 g/mol. The second-order valence-electron chi connectivity index (χ2n) is 5.58. The van der Waals surface area contributed by atoms with Crippen LogP contribution in [0.15, 0.2) is 47.4 Å². The van der Waals surface area contributed by atoms with Gasteiger partial charge in [0.2, 0.25) is 10.0 Å². The molecular weight excluding hydrogens is 361 g/mol. The summed E-state index contributed by atoms with van der Waals surface area (Å²) in [6, 6.07) is 10.5. The molecule has 8 heteroatoms. The number of fused-ring (bicyclic) bond motifs is 1. The molecule has 2 aromatic rings. The highest BCUT2D eigenvalue weighted by atomic mass is 32.2. The van der Waals surface area contributed by atoms with Gasteiger partial charge in [0.25, 0.3) is 0 Å². The van der Waals surface area contributed by atoms with E-state index >= 15 is 0 Å². The lowest BCUT2D eigenvalue weighted by molar-refractivity contribution is 0.171. The molecule has 1 aliphatic rings. The van der Waals surface area contributed by atoms with Crippen molar-refractivity contribution in [2.24, 2.45) is 0 Å². The summed E-state index contributed by atoms with van der Waals surface area (Å²) in [7, 11) is -3.73. The van der Waals surface area contributed by atoms with E-state index in [0.29, 0.717) is 24.7 Å². The van der Waals surface area contributed by atoms with Gasteiger partial charge in [0, 0.05) is 19.2 Å². The summed E-state index contributed by atoms with van der Waals surface area (Å²) < 4.78 is 56.8. The molecule has 2 aromatic carbocycles. The molecule has 0 atom stereocenters. The van der Waals surface area contributed by atoms with Gasteiger partial charge in [0.05, 0.1) is 4.90 Å². The largest absolute Gasteiger partial charge is 0.489 e. The third-order valence-corrected chi connectivity index (χ3v) is 5.91. The highest BCUT2D eigenvalue weighted by Crippen LogP contribution is 2.33. The summed E-state index contributed by atoms with van der Waals surface area (Å²) in [4.78, 5) is 0.120. The van der Waals surface area contributed by atoms with Crippen LogP contribution in [0.25, 0.3) is 0 Å². The molecule has 3 rings (SSSR count). The molecule has 26 heavy (non-hydrogen) atoms. The van der Waals surface area contributed by atoms with Crippen LogP contribution < -0.4 is 14.2 Å². The Labute approximate surface area is 152 Å². The monoisotopic (exact) mass is 381 g/mol. The van der Waals surface area contributed by atoms with Gasteiger partial charge in [-0.1, -0.05) is 19.1 Å². The maximum atomic E-state index is 13.6. The number of hydrogen-bond donors (Lipinski definition) is 0. The third kappa shape index (κ3) is 3.91. The van der Waals surface area contributed by atoms with Crippen molar-refractivity contribution in [1.82, 2.24) is 4.31 Å². The fourth-order valence-corrected chi connectivity index (χ4v) is 4.05. The molecule has 0 radical (unpaired) electrons. The number of halogens is 1. The molecule has 0 bridgehead atoms. The average Bonchev–Trinajstić information content (AvgIpc) is 2.66. The smallest absolute Gasteiger partial charge is 0.243 e. The van der Waals surface area contributed by atoms with E-state index in [1.165, 1.54) is 28.6 Å². The molecule has 0 amide bonds. The van der Waals surface area contributed by atoms with Gasteiger partial charge in [-0.25, -0.2) is 12.8 Å². The van der Waals surface area contributed by atoms with Crippen LogP contribution >= 0.6 is 0 Å². The van der Waals surface area contributed by atoms with Crippen molar-refractivity contribution in [2.45, 2.75) is 11.8 Å². The normalized spacial score (nSPS) is 13.7. The number of ether oxygens (including phenoxy) is 3. The van der Waals surface area contributed by atoms with Gasteiger partial charge in [-0.15, -0.1) is 0 Å². The van der Waals surface area contributed by atoms with E-state index in [0.717, 1.165) is 0 Å². The molecular formula is C18H20FNO5S. The van der Waals surface area contributed by atoms with Crippen molar-refractivity contribution in [3.63, 3.8) is 0 Å². The molecule has 6 nitrogen and oxygen atoms in total. The van der Waals surface area contributed by atoms with Crippen molar-refractivity contribution in [3.05, 3.63) is 48.3 Å². The first-order valence-corrected chi connectivity index (χ1v) is 9.73. The summed E-state index contributed by atoms with van der Waals surface area (Å²) in [5.74, 6) is 0.558. The Bertz CT molecular complexity index is 872. The number of benzene rings is 2. The zero-order valence-electron chi connectivity index (χ0n) is 14.4. The van der Waals surface area contributed by atoms with Gasteiger partial charge < -0.3 is 14.2 Å². The minimum Gasteiger partial charge on any atom is -0.489 e. The predicted molar refractivity (Wildman–Crippen MR) is 93.8 cm³/mol. The second kappa shape index (κ2) is 7.92. The molecule has 0 N–H and O–H groups in total. The Hall–Kier alpha value is -2.32. The second-order valence-corrected chi connectivity index (χ2v) is 7.52. The van der Waals surface area contributed by atoms with Crippen LogP contribution in [0.2, 0.25) is 0 Å². The Morgan fingerprint density at radius 1 is 1.12 bits per heavy atom. The molecule has 0 unspecified atom stereocenters. The van der Waals surface area contributed by atoms with Crippen LogP contribution in [0.5, 0.6) is 17.2 Å². The predicted octanol–water partition coefficient (Wildman–Crippen LogP) is 2.69. The first-order valence-electron chi connectivity index (χ1n) is 8.29. The van der Waals surface area contributed by atoms with E-state index < -0.39 is 15.8 Å². The SMILES string of the molecule is CCN(CCOc1ccccc1F)S(=O)(=O)c1ccc2c(c1)OCCO2. The Balaban J connectivity index is 1.71. The zero-order valence-corrected chi connectivity index (χ0v) is 15.2. The minimum atomic E-state index is -3.73. The Morgan fingerprint density at radius 3 is 2.58 bits per heavy atom. The highest BCUT2D eigenvalue weighted by Gasteiger charge is 2.25. The summed E-state index contributed by atoms with van der Waals surface area (Å²) in [5, 5.41) is 0. The summed E-state index contributed by atoms with van der Waals surface area (Å²) >= 11 is 0. The lowest BCUT2D eigenvalue weighted by Crippen LogP contribution is -2.34. The zero-order chi connectivity index (χ0) is 18.6. The third-order valence-electron chi connectivity index (χ3n) is 3.94. The Kier molecular flexibility index (Phi) is 5.63. The van der Waals surface area contributed by atoms with Crippen LogP contribution in [-0.2, 0) is 10.0 Å². The van der Waals surface area contributed by atoms with Gasteiger partial charge in [0.15, 0.2) is 23.1 Å². The Morgan fingerprint density at radius 2 is 1.85 bits per heavy atom. The van der Waals surface area contributed by atoms with Crippen molar-refractivity contribution in [2.75, 3.05) is 32.9 Å². The fraction of sp³-hybridized carbons (Fsp3) is 0.333. The van der Waals surface area contributed by atoms with Crippen LogP contribution in [0.4, 0.5) is 4.39 Å². The quantitative estimate of drug-likeness (QED) is 0.738. The van der Waals surface area contributed by atoms with Crippen molar-refractivity contribution >= 4 is 10.0 Å². The molecule has 0 spiro atoms. The maximum absolute atomic E-state index is 13.6. The maximum Gasteiger partial charge on any atom is 0.243 e. The number of para-hydroxylation sites is 1. The lowest BCUT2D eigenvalue weighted by atomic mass is 10.3. The number of likely N-dealkylation sites (N-methyl/N-ethyl adjacent to an activating group) is 1. The van der Waals surface area contributed by atoms with E-state index in [1.807, 2.05) is 0 Å². The van der Waals surface area contributed by atoms with Crippen LogP contribution in [-0.4, -0.2) is 45.6 Å². The van der Waals surface area contributed by atoms with E-state index in [4.69, 9.17) is 14.2 Å². The van der Waals surface area contributed by atoms with E-state index in [-0.39, 0.29) is 30.3 Å². The molecule has 0 saturated heterocycles. The molecule has 0 aliphatic carbocycles. The minimum absolute atomic E-state index is 0.0402. The van der Waals surface area contributed by atoms with E-state index in [1.54, 1.807) is 25.1 Å². The van der Waals surface area contributed by atoms with Gasteiger partial charge >= 0.3 is 0 Å². The number of nitrogens with zero attached hydrogens (tertiary/aromatic N) is 1. The summed E-state index contributed by atoms with van der Waals surface area (Å²) in [5.41, 5.74) is 0. The van der Waals surface area contributed by atoms with Crippen molar-refractivity contribution in [3.8, 4) is 17.2 Å². The van der Waals surface area contributed by atoms with Crippen LogP contribution in [0.3, 0.4) is 0 Å². The van der Waals surface area contributed by atoms with Gasteiger partial charge in [-0.2, -0.15) is 4.31 Å². The van der Waals surface area contributed by atoms with Crippen molar-refractivity contribution in [1.29, 1.82) is 0 Å². The molecule has 140 valence electrons. The van der Waals surface area contributed by atoms with Gasteiger partial charge in [0.1, 0.15) is 19.8 Å². The van der Waals surface area contributed by atoms with Crippen LogP contribution in [0.1, 0.15) is 6.92 Å². The standard InChI is InChI=1S/C18H20FNO5S/c1-2-20(9-10-23-16-6-4-3-5-15(16)19)26(21,22)14-7-8-17-18(13-14)25-12-11-24-17/h3-8,13H,2,9-12H2,1H3. The molecule has 1 aliphatic heterocycles. The molecule has 0 saturated carbocycles. The summed E-state index contributed by atoms with van der Waals surface area (Å²) in [6.45, 7) is 2.95. The van der Waals surface area contributed by atoms with E-state index in [2.05, 4.69) is 0 Å². The number of rotatable bonds is 7. The number of hydrogen-bond acceptors (Lipinski definition) is 5. The number of sulfonamides is 1. The lowest BCUT2D eigenvalue weighted by Gasteiger charge is -2.23. The van der Waals surface area contributed by atoms with Crippen molar-refractivity contribution < 1.29 is 27.0 Å². The fourth-order valence-electron chi connectivity index (χ4n) is 2.60.